The van der Waals surface area contributed by atoms with Crippen molar-refractivity contribution in [3.8, 4) is 5.75 Å². The Morgan fingerprint density at radius 1 is 1.10 bits per heavy atom. The van der Waals surface area contributed by atoms with Crippen molar-refractivity contribution >= 4 is 6.21 Å². The highest BCUT2D eigenvalue weighted by Gasteiger charge is 2.21. The standard InChI is InChI=1S/C18H20N2O/c21-18-8-6-15(7-9-18)12-19-17-10-11-20(14-17)13-16-4-2-1-3-5-16/h1-9,12,17,21H,10-11,13-14H2. The molecule has 0 saturated carbocycles. The van der Waals surface area contributed by atoms with Gasteiger partial charge in [0.05, 0.1) is 6.04 Å². The number of phenolic OH excluding ortho intramolecular Hbond substituents is 1. The third-order valence-electron chi connectivity index (χ3n) is 3.82. The number of hydrogen-bond donors (Lipinski definition) is 1. The van der Waals surface area contributed by atoms with E-state index in [1.165, 1.54) is 5.56 Å². The van der Waals surface area contributed by atoms with E-state index in [1.807, 2.05) is 18.3 Å². The summed E-state index contributed by atoms with van der Waals surface area (Å²) in [6.45, 7) is 3.13. The van der Waals surface area contributed by atoms with Gasteiger partial charge in [0.2, 0.25) is 0 Å². The smallest absolute Gasteiger partial charge is 0.115 e. The summed E-state index contributed by atoms with van der Waals surface area (Å²) in [6.07, 6.45) is 3.03. The summed E-state index contributed by atoms with van der Waals surface area (Å²) >= 11 is 0. The van der Waals surface area contributed by atoms with Gasteiger partial charge in [0.15, 0.2) is 0 Å². The van der Waals surface area contributed by atoms with Crippen LogP contribution >= 0.6 is 0 Å². The number of nitrogens with zero attached hydrogens (tertiary/aromatic N) is 2. The van der Waals surface area contributed by atoms with Crippen LogP contribution in [-0.2, 0) is 6.54 Å². The average Bonchev–Trinajstić information content (AvgIpc) is 2.95. The number of benzene rings is 2. The Kier molecular flexibility index (Phi) is 4.31. The quantitative estimate of drug-likeness (QED) is 0.874. The molecule has 2 aromatic rings. The molecule has 1 aliphatic heterocycles. The van der Waals surface area contributed by atoms with Crippen LogP contribution in [0.15, 0.2) is 59.6 Å². The Hall–Kier alpha value is -2.13. The van der Waals surface area contributed by atoms with Gasteiger partial charge >= 0.3 is 0 Å². The van der Waals surface area contributed by atoms with Crippen LogP contribution < -0.4 is 0 Å². The molecule has 3 rings (SSSR count). The Morgan fingerprint density at radius 3 is 2.62 bits per heavy atom. The van der Waals surface area contributed by atoms with Crippen LogP contribution in [0.5, 0.6) is 5.75 Å². The second kappa shape index (κ2) is 6.55. The Balaban J connectivity index is 1.53. The predicted octanol–water partition coefficient (Wildman–Crippen LogP) is 3.09. The fourth-order valence-corrected chi connectivity index (χ4v) is 2.67. The van der Waals surface area contributed by atoms with Crippen molar-refractivity contribution in [2.24, 2.45) is 4.99 Å². The zero-order valence-electron chi connectivity index (χ0n) is 12.0. The lowest BCUT2D eigenvalue weighted by Gasteiger charge is -2.14. The number of rotatable bonds is 4. The molecule has 108 valence electrons. The highest BCUT2D eigenvalue weighted by atomic mass is 16.3. The lowest BCUT2D eigenvalue weighted by Crippen LogP contribution is -2.21. The minimum atomic E-state index is 0.294. The molecule has 0 radical (unpaired) electrons. The average molecular weight is 280 g/mol. The van der Waals surface area contributed by atoms with E-state index in [2.05, 4.69) is 40.2 Å². The largest absolute Gasteiger partial charge is 0.508 e. The highest BCUT2D eigenvalue weighted by Crippen LogP contribution is 2.16. The first-order valence-corrected chi connectivity index (χ1v) is 7.38. The Bertz CT molecular complexity index is 592. The fourth-order valence-electron chi connectivity index (χ4n) is 2.67. The van der Waals surface area contributed by atoms with Gasteiger partial charge in [-0.15, -0.1) is 0 Å². The molecule has 1 heterocycles. The van der Waals surface area contributed by atoms with E-state index in [0.29, 0.717) is 11.8 Å². The molecule has 3 nitrogen and oxygen atoms in total. The number of phenols is 1. The predicted molar refractivity (Wildman–Crippen MR) is 85.8 cm³/mol. The Morgan fingerprint density at radius 2 is 1.86 bits per heavy atom. The molecule has 0 spiro atoms. The topological polar surface area (TPSA) is 35.8 Å². The van der Waals surface area contributed by atoms with E-state index in [4.69, 9.17) is 0 Å². The van der Waals surface area contributed by atoms with Crippen molar-refractivity contribution < 1.29 is 5.11 Å². The van der Waals surface area contributed by atoms with E-state index < -0.39 is 0 Å². The first-order valence-electron chi connectivity index (χ1n) is 7.38. The molecule has 2 aromatic carbocycles. The molecule has 0 bridgehead atoms. The summed E-state index contributed by atoms with van der Waals surface area (Å²) in [7, 11) is 0. The van der Waals surface area contributed by atoms with Crippen LogP contribution in [0, 0.1) is 0 Å². The van der Waals surface area contributed by atoms with Gasteiger partial charge in [-0.2, -0.15) is 0 Å². The van der Waals surface area contributed by atoms with Gasteiger partial charge in [0.25, 0.3) is 0 Å². The molecule has 0 aliphatic carbocycles. The van der Waals surface area contributed by atoms with Gasteiger partial charge < -0.3 is 5.11 Å². The van der Waals surface area contributed by atoms with Crippen LogP contribution in [0.3, 0.4) is 0 Å². The Labute approximate surface area is 125 Å². The van der Waals surface area contributed by atoms with Gasteiger partial charge in [-0.25, -0.2) is 0 Å². The summed E-state index contributed by atoms with van der Waals surface area (Å²) in [6, 6.07) is 18.1. The van der Waals surface area contributed by atoms with Crippen LogP contribution in [0.25, 0.3) is 0 Å². The molecular formula is C18H20N2O. The first kappa shape index (κ1) is 13.8. The van der Waals surface area contributed by atoms with Gasteiger partial charge in [-0.3, -0.25) is 9.89 Å². The second-order valence-electron chi connectivity index (χ2n) is 5.53. The minimum Gasteiger partial charge on any atom is -0.508 e. The van der Waals surface area contributed by atoms with E-state index in [1.54, 1.807) is 12.1 Å². The van der Waals surface area contributed by atoms with Crippen molar-refractivity contribution in [2.45, 2.75) is 19.0 Å². The minimum absolute atomic E-state index is 0.294. The van der Waals surface area contributed by atoms with Crippen LogP contribution in [0.2, 0.25) is 0 Å². The molecule has 21 heavy (non-hydrogen) atoms. The summed E-state index contributed by atoms with van der Waals surface area (Å²) in [5.41, 5.74) is 2.40. The molecule has 1 unspecified atom stereocenters. The molecule has 1 saturated heterocycles. The zero-order valence-corrected chi connectivity index (χ0v) is 12.0. The van der Waals surface area contributed by atoms with Gasteiger partial charge in [-0.1, -0.05) is 30.3 Å². The molecule has 3 heteroatoms. The van der Waals surface area contributed by atoms with Crippen molar-refractivity contribution in [1.82, 2.24) is 4.90 Å². The summed E-state index contributed by atoms with van der Waals surface area (Å²) in [5.74, 6) is 0.294. The van der Waals surface area contributed by atoms with E-state index in [9.17, 15) is 5.11 Å². The van der Waals surface area contributed by atoms with Gasteiger partial charge in [0, 0.05) is 25.8 Å². The fraction of sp³-hybridized carbons (Fsp3) is 0.278. The number of aromatic hydroxyl groups is 1. The zero-order chi connectivity index (χ0) is 14.5. The monoisotopic (exact) mass is 280 g/mol. The molecule has 1 aliphatic rings. The van der Waals surface area contributed by atoms with Crippen molar-refractivity contribution in [3.63, 3.8) is 0 Å². The highest BCUT2D eigenvalue weighted by molar-refractivity contribution is 5.79. The maximum Gasteiger partial charge on any atom is 0.115 e. The number of aliphatic imine (C=N–C) groups is 1. The van der Waals surface area contributed by atoms with Crippen LogP contribution in [0.4, 0.5) is 0 Å². The van der Waals surface area contributed by atoms with Gasteiger partial charge in [-0.05, 0) is 41.8 Å². The first-order chi connectivity index (χ1) is 10.3. The van der Waals surface area contributed by atoms with Gasteiger partial charge in [0.1, 0.15) is 5.75 Å². The third kappa shape index (κ3) is 3.92. The molecule has 1 N–H and O–H groups in total. The second-order valence-corrected chi connectivity index (χ2v) is 5.53. The van der Waals surface area contributed by atoms with E-state index >= 15 is 0 Å². The van der Waals surface area contributed by atoms with E-state index in [0.717, 1.165) is 31.6 Å². The molecule has 0 amide bonds. The SMILES string of the molecule is Oc1ccc(C=NC2CCN(Cc3ccccc3)C2)cc1. The number of hydrogen-bond acceptors (Lipinski definition) is 3. The molecule has 1 fully saturated rings. The third-order valence-corrected chi connectivity index (χ3v) is 3.82. The van der Waals surface area contributed by atoms with Crippen LogP contribution in [-0.4, -0.2) is 35.4 Å². The lowest BCUT2D eigenvalue weighted by atomic mass is 10.2. The van der Waals surface area contributed by atoms with Crippen molar-refractivity contribution in [2.75, 3.05) is 13.1 Å². The number of likely N-dealkylation sites (tertiary alicyclic amines) is 1. The summed E-state index contributed by atoms with van der Waals surface area (Å²) in [5, 5.41) is 9.26. The maximum absolute atomic E-state index is 9.26. The summed E-state index contributed by atoms with van der Waals surface area (Å²) in [4.78, 5) is 7.12. The maximum atomic E-state index is 9.26. The molecule has 1 atom stereocenters. The summed E-state index contributed by atoms with van der Waals surface area (Å²) < 4.78 is 0. The van der Waals surface area contributed by atoms with E-state index in [-0.39, 0.29) is 0 Å². The molecular weight excluding hydrogens is 260 g/mol. The lowest BCUT2D eigenvalue weighted by molar-refractivity contribution is 0.327. The molecule has 0 aromatic heterocycles. The van der Waals surface area contributed by atoms with Crippen molar-refractivity contribution in [1.29, 1.82) is 0 Å². The van der Waals surface area contributed by atoms with Crippen LogP contribution in [0.1, 0.15) is 17.5 Å². The van der Waals surface area contributed by atoms with Crippen molar-refractivity contribution in [3.05, 3.63) is 65.7 Å². The normalized spacial score (nSPS) is 19.3.